The minimum absolute atomic E-state index is 0.0473. The highest BCUT2D eigenvalue weighted by molar-refractivity contribution is 8.04. The topological polar surface area (TPSA) is 49.4 Å². The van der Waals surface area contributed by atoms with Crippen molar-refractivity contribution in [3.63, 3.8) is 0 Å². The summed E-state index contributed by atoms with van der Waals surface area (Å²) in [6.07, 6.45) is 3.05. The third kappa shape index (κ3) is 3.99. The van der Waals surface area contributed by atoms with E-state index in [1.165, 1.54) is 11.8 Å². The fourth-order valence-corrected chi connectivity index (χ4v) is 4.94. The number of anilines is 1. The maximum absolute atomic E-state index is 13.0. The van der Waals surface area contributed by atoms with Gasteiger partial charge in [0, 0.05) is 23.5 Å². The number of fused-ring (bicyclic) bond motifs is 1. The SMILES string of the molecule is C[C@@H]1C[C@H](C)CN(C(=O)c2ccc3c(c2)NC(=O)/C(=C/c2ccccc2)S3)C1. The molecule has 0 aromatic heterocycles. The lowest BCUT2D eigenvalue weighted by molar-refractivity contribution is -0.112. The molecule has 28 heavy (non-hydrogen) atoms. The Morgan fingerprint density at radius 1 is 1.11 bits per heavy atom. The zero-order valence-corrected chi connectivity index (χ0v) is 17.0. The van der Waals surface area contributed by atoms with E-state index in [-0.39, 0.29) is 11.8 Å². The van der Waals surface area contributed by atoms with Crippen LogP contribution in [0.3, 0.4) is 0 Å². The molecule has 4 nitrogen and oxygen atoms in total. The molecule has 2 aliphatic heterocycles. The first-order chi connectivity index (χ1) is 13.5. The van der Waals surface area contributed by atoms with Crippen molar-refractivity contribution in [2.75, 3.05) is 18.4 Å². The van der Waals surface area contributed by atoms with E-state index in [2.05, 4.69) is 19.2 Å². The number of hydrogen-bond donors (Lipinski definition) is 1. The molecule has 1 N–H and O–H groups in total. The second kappa shape index (κ2) is 7.84. The van der Waals surface area contributed by atoms with Gasteiger partial charge in [-0.2, -0.15) is 0 Å². The van der Waals surface area contributed by atoms with Gasteiger partial charge in [0.25, 0.3) is 11.8 Å². The molecule has 0 spiro atoms. The number of piperidine rings is 1. The summed E-state index contributed by atoms with van der Waals surface area (Å²) in [5, 5.41) is 2.95. The van der Waals surface area contributed by atoms with Crippen LogP contribution in [0, 0.1) is 11.8 Å². The fourth-order valence-electron chi connectivity index (χ4n) is 4.01. The van der Waals surface area contributed by atoms with E-state index in [9.17, 15) is 9.59 Å². The summed E-state index contributed by atoms with van der Waals surface area (Å²) >= 11 is 1.44. The summed E-state index contributed by atoms with van der Waals surface area (Å²) in [6.45, 7) is 5.98. The molecule has 4 rings (SSSR count). The molecule has 144 valence electrons. The Bertz CT molecular complexity index is 929. The van der Waals surface area contributed by atoms with Crippen molar-refractivity contribution < 1.29 is 9.59 Å². The van der Waals surface area contributed by atoms with E-state index in [4.69, 9.17) is 0 Å². The van der Waals surface area contributed by atoms with Crippen LogP contribution in [0.5, 0.6) is 0 Å². The average Bonchev–Trinajstić information content (AvgIpc) is 2.68. The van der Waals surface area contributed by atoms with Crippen molar-refractivity contribution in [1.82, 2.24) is 4.90 Å². The molecular weight excluding hydrogens is 368 g/mol. The Morgan fingerprint density at radius 3 is 2.54 bits per heavy atom. The Morgan fingerprint density at radius 2 is 1.82 bits per heavy atom. The molecule has 0 radical (unpaired) electrons. The standard InChI is InChI=1S/C23H24N2O2S/c1-15-10-16(2)14-25(13-15)23(27)18-8-9-20-19(12-18)24-22(26)21(28-20)11-17-6-4-3-5-7-17/h3-9,11-12,15-16H,10,13-14H2,1-2H3,(H,24,26)/b21-11-/t15-,16+. The number of rotatable bonds is 2. The summed E-state index contributed by atoms with van der Waals surface area (Å²) in [5.74, 6) is 0.953. The van der Waals surface area contributed by atoms with Crippen LogP contribution in [-0.2, 0) is 4.79 Å². The molecule has 2 aliphatic rings. The molecular formula is C23H24N2O2S. The third-order valence-electron chi connectivity index (χ3n) is 5.17. The van der Waals surface area contributed by atoms with Crippen LogP contribution in [0.1, 0.15) is 36.2 Å². The van der Waals surface area contributed by atoms with E-state index >= 15 is 0 Å². The van der Waals surface area contributed by atoms with Gasteiger partial charge in [-0.05, 0) is 48.1 Å². The first-order valence-electron chi connectivity index (χ1n) is 9.69. The zero-order valence-electron chi connectivity index (χ0n) is 16.1. The molecule has 1 fully saturated rings. The number of likely N-dealkylation sites (tertiary alicyclic amines) is 1. The maximum atomic E-state index is 13.0. The van der Waals surface area contributed by atoms with Crippen LogP contribution in [0.2, 0.25) is 0 Å². The molecule has 2 amide bonds. The summed E-state index contributed by atoms with van der Waals surface area (Å²) in [7, 11) is 0. The highest BCUT2D eigenvalue weighted by Gasteiger charge is 2.28. The number of benzene rings is 2. The summed E-state index contributed by atoms with van der Waals surface area (Å²) in [6, 6.07) is 15.4. The number of hydrogen-bond acceptors (Lipinski definition) is 3. The number of amides is 2. The monoisotopic (exact) mass is 392 g/mol. The van der Waals surface area contributed by atoms with Gasteiger partial charge in [-0.25, -0.2) is 0 Å². The smallest absolute Gasteiger partial charge is 0.262 e. The lowest BCUT2D eigenvalue weighted by Crippen LogP contribution is -2.42. The largest absolute Gasteiger partial charge is 0.338 e. The number of carbonyl (C=O) groups excluding carboxylic acids is 2. The van der Waals surface area contributed by atoms with Crippen molar-refractivity contribution in [1.29, 1.82) is 0 Å². The Kier molecular flexibility index (Phi) is 5.27. The summed E-state index contributed by atoms with van der Waals surface area (Å²) in [4.78, 5) is 29.0. The number of thioether (sulfide) groups is 1. The van der Waals surface area contributed by atoms with Crippen molar-refractivity contribution in [3.8, 4) is 0 Å². The van der Waals surface area contributed by atoms with Gasteiger partial charge in [-0.3, -0.25) is 9.59 Å². The molecule has 2 atom stereocenters. The van der Waals surface area contributed by atoms with Gasteiger partial charge in [0.15, 0.2) is 0 Å². The predicted molar refractivity (Wildman–Crippen MR) is 114 cm³/mol. The van der Waals surface area contributed by atoms with Crippen LogP contribution in [0.25, 0.3) is 6.08 Å². The van der Waals surface area contributed by atoms with Crippen molar-refractivity contribution in [3.05, 3.63) is 64.6 Å². The molecule has 0 unspecified atom stereocenters. The predicted octanol–water partition coefficient (Wildman–Crippen LogP) is 4.89. The molecule has 0 bridgehead atoms. The lowest BCUT2D eigenvalue weighted by atomic mass is 9.91. The molecule has 1 saturated heterocycles. The highest BCUT2D eigenvalue weighted by atomic mass is 32.2. The van der Waals surface area contributed by atoms with Gasteiger partial charge in [0.1, 0.15) is 0 Å². The Hall–Kier alpha value is -2.53. The molecule has 0 aliphatic carbocycles. The molecule has 5 heteroatoms. The van der Waals surface area contributed by atoms with Crippen molar-refractivity contribution >= 4 is 35.3 Å². The van der Waals surface area contributed by atoms with Gasteiger partial charge in [-0.15, -0.1) is 0 Å². The minimum atomic E-state index is -0.133. The molecule has 2 heterocycles. The molecule has 2 aromatic carbocycles. The third-order valence-corrected chi connectivity index (χ3v) is 6.27. The van der Waals surface area contributed by atoms with Crippen LogP contribution >= 0.6 is 11.8 Å². The van der Waals surface area contributed by atoms with Gasteiger partial charge < -0.3 is 10.2 Å². The highest BCUT2D eigenvalue weighted by Crippen LogP contribution is 2.39. The Labute approximate surface area is 170 Å². The quantitative estimate of drug-likeness (QED) is 0.740. The second-order valence-electron chi connectivity index (χ2n) is 7.84. The average molecular weight is 393 g/mol. The summed E-state index contributed by atoms with van der Waals surface area (Å²) < 4.78 is 0. The van der Waals surface area contributed by atoms with E-state index in [1.54, 1.807) is 0 Å². The van der Waals surface area contributed by atoms with Gasteiger partial charge in [0.05, 0.1) is 10.6 Å². The normalized spacial score (nSPS) is 23.3. The Balaban J connectivity index is 1.55. The first kappa shape index (κ1) is 18.8. The van der Waals surface area contributed by atoms with E-state index in [1.807, 2.05) is 59.5 Å². The second-order valence-corrected chi connectivity index (χ2v) is 8.93. The molecule has 0 saturated carbocycles. The van der Waals surface area contributed by atoms with E-state index in [0.717, 1.165) is 30.0 Å². The van der Waals surface area contributed by atoms with Crippen molar-refractivity contribution in [2.24, 2.45) is 11.8 Å². The number of nitrogens with one attached hydrogen (secondary N) is 1. The minimum Gasteiger partial charge on any atom is -0.338 e. The van der Waals surface area contributed by atoms with Crippen LogP contribution < -0.4 is 5.32 Å². The van der Waals surface area contributed by atoms with Gasteiger partial charge >= 0.3 is 0 Å². The zero-order chi connectivity index (χ0) is 19.7. The van der Waals surface area contributed by atoms with Gasteiger partial charge in [0.2, 0.25) is 0 Å². The number of nitrogens with zero attached hydrogens (tertiary/aromatic N) is 1. The van der Waals surface area contributed by atoms with Crippen LogP contribution in [0.15, 0.2) is 58.3 Å². The molecule has 2 aromatic rings. The van der Waals surface area contributed by atoms with Crippen LogP contribution in [-0.4, -0.2) is 29.8 Å². The van der Waals surface area contributed by atoms with E-state index < -0.39 is 0 Å². The van der Waals surface area contributed by atoms with Crippen LogP contribution in [0.4, 0.5) is 5.69 Å². The van der Waals surface area contributed by atoms with E-state index in [0.29, 0.717) is 28.0 Å². The fraction of sp³-hybridized carbons (Fsp3) is 0.304. The summed E-state index contributed by atoms with van der Waals surface area (Å²) in [5.41, 5.74) is 2.34. The maximum Gasteiger partial charge on any atom is 0.262 e. The lowest BCUT2D eigenvalue weighted by Gasteiger charge is -2.35. The van der Waals surface area contributed by atoms with Gasteiger partial charge in [-0.1, -0.05) is 55.9 Å². The van der Waals surface area contributed by atoms with Crippen molar-refractivity contribution in [2.45, 2.75) is 25.2 Å². The number of carbonyl (C=O) groups is 2. The first-order valence-corrected chi connectivity index (χ1v) is 10.5.